The Balaban J connectivity index is 1.42. The number of carbonyl (C=O) groups is 2. The van der Waals surface area contributed by atoms with E-state index in [2.05, 4.69) is 10.3 Å². The maximum atomic E-state index is 13.0. The number of fused-ring (bicyclic) bond motifs is 2. The molecule has 0 saturated heterocycles. The Hall–Kier alpha value is -3.28. The fourth-order valence-corrected chi connectivity index (χ4v) is 3.84. The van der Waals surface area contributed by atoms with Crippen LogP contribution in [0.2, 0.25) is 0 Å². The van der Waals surface area contributed by atoms with Gasteiger partial charge in [-0.05, 0) is 61.9 Å². The van der Waals surface area contributed by atoms with Gasteiger partial charge in [0.2, 0.25) is 0 Å². The summed E-state index contributed by atoms with van der Waals surface area (Å²) in [7, 11) is 0. The van der Waals surface area contributed by atoms with Gasteiger partial charge in [0, 0.05) is 17.6 Å². The third-order valence-electron chi connectivity index (χ3n) is 5.40. The number of rotatable bonds is 6. The number of para-hydroxylation sites is 1. The molecule has 0 radical (unpaired) electrons. The average Bonchev–Trinajstić information content (AvgIpc) is 3.21. The first-order valence-electron chi connectivity index (χ1n) is 10.2. The van der Waals surface area contributed by atoms with Crippen LogP contribution < -0.4 is 5.32 Å². The number of benzene rings is 2. The maximum Gasteiger partial charge on any atom is 0.339 e. The summed E-state index contributed by atoms with van der Waals surface area (Å²) in [6.45, 7) is 1.94. The highest BCUT2D eigenvalue weighted by Crippen LogP contribution is 2.30. The molecule has 0 saturated carbocycles. The number of halogens is 1. The molecule has 1 aromatic heterocycles. The van der Waals surface area contributed by atoms with Crippen LogP contribution in [0.5, 0.6) is 0 Å². The van der Waals surface area contributed by atoms with E-state index in [0.717, 1.165) is 47.0 Å². The highest BCUT2D eigenvalue weighted by atomic mass is 19.1. The number of amides is 1. The molecule has 4 rings (SSSR count). The van der Waals surface area contributed by atoms with Crippen molar-refractivity contribution in [2.24, 2.45) is 0 Å². The molecule has 1 heterocycles. The minimum atomic E-state index is -0.922. The maximum absolute atomic E-state index is 13.0. The van der Waals surface area contributed by atoms with Crippen molar-refractivity contribution >= 4 is 22.8 Å². The van der Waals surface area contributed by atoms with Gasteiger partial charge in [-0.3, -0.25) is 9.78 Å². The molecule has 0 fully saturated rings. The quantitative estimate of drug-likeness (QED) is 0.633. The van der Waals surface area contributed by atoms with Crippen molar-refractivity contribution in [1.29, 1.82) is 0 Å². The number of ether oxygens (including phenoxy) is 1. The molecular weight excluding hydrogens is 383 g/mol. The van der Waals surface area contributed by atoms with Gasteiger partial charge in [-0.25, -0.2) is 9.18 Å². The summed E-state index contributed by atoms with van der Waals surface area (Å²) < 4.78 is 18.5. The monoisotopic (exact) mass is 406 g/mol. The van der Waals surface area contributed by atoms with Gasteiger partial charge in [-0.2, -0.15) is 0 Å². The lowest BCUT2D eigenvalue weighted by atomic mass is 10.0. The molecule has 0 aliphatic heterocycles. The number of nitrogens with zero attached hydrogens (tertiary/aromatic N) is 1. The Kier molecular flexibility index (Phi) is 5.74. The minimum Gasteiger partial charge on any atom is -0.449 e. The molecule has 30 heavy (non-hydrogen) atoms. The standard InChI is InChI=1S/C24H23FN2O3/c1-15(23(28)26-14-13-16-9-11-17(25)12-10-16)30-24(29)22-18-5-2-3-7-20(18)27-21-8-4-6-19(21)22/h2-3,5,7,9-12,15H,4,6,8,13-14H2,1H3,(H,26,28)/t15-/m1/s1. The summed E-state index contributed by atoms with van der Waals surface area (Å²) >= 11 is 0. The number of pyridine rings is 1. The molecule has 5 nitrogen and oxygen atoms in total. The van der Waals surface area contributed by atoms with Gasteiger partial charge in [0.1, 0.15) is 5.82 Å². The molecular formula is C24H23FN2O3. The smallest absolute Gasteiger partial charge is 0.339 e. The molecule has 1 amide bonds. The van der Waals surface area contributed by atoms with Crippen LogP contribution in [0.3, 0.4) is 0 Å². The molecule has 6 heteroatoms. The number of hydrogen-bond acceptors (Lipinski definition) is 4. The fourth-order valence-electron chi connectivity index (χ4n) is 3.84. The zero-order valence-electron chi connectivity index (χ0n) is 16.8. The van der Waals surface area contributed by atoms with E-state index in [9.17, 15) is 14.0 Å². The molecule has 154 valence electrons. The summed E-state index contributed by atoms with van der Waals surface area (Å²) in [5, 5.41) is 3.53. The number of hydrogen-bond donors (Lipinski definition) is 1. The Bertz CT molecular complexity index is 1100. The lowest BCUT2D eigenvalue weighted by molar-refractivity contribution is -0.129. The third-order valence-corrected chi connectivity index (χ3v) is 5.40. The number of nitrogens with one attached hydrogen (secondary N) is 1. The Morgan fingerprint density at radius 2 is 1.90 bits per heavy atom. The van der Waals surface area contributed by atoms with Crippen molar-refractivity contribution < 1.29 is 18.7 Å². The molecule has 0 bridgehead atoms. The van der Waals surface area contributed by atoms with Crippen LogP contribution in [0.25, 0.3) is 10.9 Å². The van der Waals surface area contributed by atoms with E-state index in [-0.39, 0.29) is 11.7 Å². The van der Waals surface area contributed by atoms with Crippen LogP contribution in [0.1, 0.15) is 40.5 Å². The molecule has 1 atom stereocenters. The van der Waals surface area contributed by atoms with E-state index in [0.29, 0.717) is 18.5 Å². The molecule has 0 spiro atoms. The van der Waals surface area contributed by atoms with E-state index < -0.39 is 12.1 Å². The van der Waals surface area contributed by atoms with Gasteiger partial charge in [0.15, 0.2) is 6.10 Å². The van der Waals surface area contributed by atoms with E-state index in [1.165, 1.54) is 12.1 Å². The number of carbonyl (C=O) groups excluding carboxylic acids is 2. The highest BCUT2D eigenvalue weighted by molar-refractivity contribution is 6.05. The van der Waals surface area contributed by atoms with Crippen LogP contribution in [-0.2, 0) is 28.8 Å². The molecule has 3 aromatic rings. The van der Waals surface area contributed by atoms with Gasteiger partial charge in [-0.1, -0.05) is 30.3 Å². The first-order valence-corrected chi connectivity index (χ1v) is 10.2. The van der Waals surface area contributed by atoms with Crippen molar-refractivity contribution in [2.75, 3.05) is 6.54 Å². The van der Waals surface area contributed by atoms with Gasteiger partial charge >= 0.3 is 5.97 Å². The van der Waals surface area contributed by atoms with E-state index in [1.54, 1.807) is 19.1 Å². The summed E-state index contributed by atoms with van der Waals surface area (Å²) in [6.07, 6.45) is 2.23. The SMILES string of the molecule is C[C@@H](OC(=O)c1c2c(nc3ccccc13)CCC2)C(=O)NCCc1ccc(F)cc1. The Morgan fingerprint density at radius 3 is 2.70 bits per heavy atom. The zero-order valence-corrected chi connectivity index (χ0v) is 16.8. The van der Waals surface area contributed by atoms with Crippen LogP contribution in [-0.4, -0.2) is 29.5 Å². The number of aromatic nitrogens is 1. The molecule has 1 N–H and O–H groups in total. The highest BCUT2D eigenvalue weighted by Gasteiger charge is 2.27. The van der Waals surface area contributed by atoms with Crippen molar-refractivity contribution in [3.05, 3.63) is 76.7 Å². The van der Waals surface area contributed by atoms with Crippen LogP contribution in [0, 0.1) is 5.82 Å². The van der Waals surface area contributed by atoms with E-state index in [4.69, 9.17) is 4.74 Å². The molecule has 1 aliphatic rings. The predicted octanol–water partition coefficient (Wildman–Crippen LogP) is 3.77. The minimum absolute atomic E-state index is 0.293. The summed E-state index contributed by atoms with van der Waals surface area (Å²) in [5.74, 6) is -1.15. The van der Waals surface area contributed by atoms with Gasteiger partial charge in [-0.15, -0.1) is 0 Å². The normalized spacial score (nSPS) is 13.7. The van der Waals surface area contributed by atoms with Crippen molar-refractivity contribution in [3.63, 3.8) is 0 Å². The van der Waals surface area contributed by atoms with Crippen molar-refractivity contribution in [1.82, 2.24) is 10.3 Å². The summed E-state index contributed by atoms with van der Waals surface area (Å²) in [5.41, 5.74) is 4.08. The third kappa shape index (κ3) is 4.17. The fraction of sp³-hybridized carbons (Fsp3) is 0.292. The summed E-state index contributed by atoms with van der Waals surface area (Å²) in [4.78, 5) is 30.1. The van der Waals surface area contributed by atoms with E-state index in [1.807, 2.05) is 24.3 Å². The largest absolute Gasteiger partial charge is 0.449 e. The van der Waals surface area contributed by atoms with Crippen LogP contribution in [0.4, 0.5) is 4.39 Å². The second-order valence-corrected chi connectivity index (χ2v) is 7.50. The lowest BCUT2D eigenvalue weighted by Gasteiger charge is -2.16. The zero-order chi connectivity index (χ0) is 21.1. The van der Waals surface area contributed by atoms with Gasteiger partial charge in [0.25, 0.3) is 5.91 Å². The van der Waals surface area contributed by atoms with Gasteiger partial charge in [0.05, 0.1) is 11.1 Å². The molecule has 0 unspecified atom stereocenters. The average molecular weight is 406 g/mol. The van der Waals surface area contributed by atoms with Crippen LogP contribution in [0.15, 0.2) is 48.5 Å². The molecule has 2 aromatic carbocycles. The van der Waals surface area contributed by atoms with E-state index >= 15 is 0 Å². The van der Waals surface area contributed by atoms with Crippen LogP contribution >= 0.6 is 0 Å². The predicted molar refractivity (Wildman–Crippen MR) is 112 cm³/mol. The Labute approximate surface area is 174 Å². The summed E-state index contributed by atoms with van der Waals surface area (Å²) in [6, 6.07) is 13.6. The van der Waals surface area contributed by atoms with Crippen molar-refractivity contribution in [2.45, 2.75) is 38.7 Å². The topological polar surface area (TPSA) is 68.3 Å². The Morgan fingerprint density at radius 1 is 1.13 bits per heavy atom. The van der Waals surface area contributed by atoms with Gasteiger partial charge < -0.3 is 10.1 Å². The second-order valence-electron chi connectivity index (χ2n) is 7.50. The first kappa shape index (κ1) is 20.0. The number of aryl methyl sites for hydroxylation is 1. The second kappa shape index (κ2) is 8.61. The number of esters is 1. The van der Waals surface area contributed by atoms with Crippen molar-refractivity contribution in [3.8, 4) is 0 Å². The lowest BCUT2D eigenvalue weighted by Crippen LogP contribution is -2.37. The molecule has 1 aliphatic carbocycles. The first-order chi connectivity index (χ1) is 14.5.